The van der Waals surface area contributed by atoms with Crippen LogP contribution in [0.25, 0.3) is 0 Å². The molecule has 20 heavy (non-hydrogen) atoms. The summed E-state index contributed by atoms with van der Waals surface area (Å²) in [4.78, 5) is 15.5. The van der Waals surface area contributed by atoms with Gasteiger partial charge in [-0.15, -0.1) is 0 Å². The summed E-state index contributed by atoms with van der Waals surface area (Å²) in [6.07, 6.45) is 0. The number of rotatable bonds is 6. The van der Waals surface area contributed by atoms with E-state index in [0.29, 0.717) is 17.3 Å². The maximum atomic E-state index is 11.3. The van der Waals surface area contributed by atoms with Crippen molar-refractivity contribution in [2.75, 3.05) is 0 Å². The number of carboxylic acids is 1. The van der Waals surface area contributed by atoms with E-state index in [2.05, 4.69) is 15.5 Å². The summed E-state index contributed by atoms with van der Waals surface area (Å²) in [6.45, 7) is 4.14. The summed E-state index contributed by atoms with van der Waals surface area (Å²) in [7, 11) is 0. The molecular weight excluding hydrogens is 258 g/mol. The van der Waals surface area contributed by atoms with Crippen LogP contribution in [0, 0.1) is 0 Å². The molecule has 1 atom stereocenters. The number of hydrogen-bond acceptors (Lipinski definition) is 5. The molecule has 0 aliphatic carbocycles. The highest BCUT2D eigenvalue weighted by Crippen LogP contribution is 2.14. The SMILES string of the molecule is CC(C)c1noc(CNC(C(=O)O)c2ccccc2)n1. The molecule has 1 aromatic carbocycles. The third-order valence-corrected chi connectivity index (χ3v) is 2.84. The van der Waals surface area contributed by atoms with Gasteiger partial charge >= 0.3 is 5.97 Å². The number of hydrogen-bond donors (Lipinski definition) is 2. The molecule has 1 aromatic heterocycles. The molecule has 1 unspecified atom stereocenters. The van der Waals surface area contributed by atoms with E-state index in [1.165, 1.54) is 0 Å². The summed E-state index contributed by atoms with van der Waals surface area (Å²) >= 11 is 0. The maximum Gasteiger partial charge on any atom is 0.325 e. The van der Waals surface area contributed by atoms with Crippen LogP contribution in [0.1, 0.15) is 43.1 Å². The number of benzene rings is 1. The summed E-state index contributed by atoms with van der Waals surface area (Å²) in [5.74, 6) is 0.237. The number of nitrogens with zero attached hydrogens (tertiary/aromatic N) is 2. The largest absolute Gasteiger partial charge is 0.480 e. The molecule has 0 bridgehead atoms. The molecule has 0 saturated carbocycles. The molecule has 1 heterocycles. The zero-order chi connectivity index (χ0) is 14.5. The van der Waals surface area contributed by atoms with Gasteiger partial charge < -0.3 is 9.63 Å². The van der Waals surface area contributed by atoms with E-state index in [0.717, 1.165) is 0 Å². The van der Waals surface area contributed by atoms with Crippen LogP contribution in [0.5, 0.6) is 0 Å². The molecule has 2 aromatic rings. The van der Waals surface area contributed by atoms with Gasteiger partial charge in [-0.25, -0.2) is 0 Å². The maximum absolute atomic E-state index is 11.3. The Morgan fingerprint density at radius 2 is 2.05 bits per heavy atom. The quantitative estimate of drug-likeness (QED) is 0.839. The lowest BCUT2D eigenvalue weighted by Gasteiger charge is -2.13. The van der Waals surface area contributed by atoms with Crippen molar-refractivity contribution < 1.29 is 14.4 Å². The van der Waals surface area contributed by atoms with Gasteiger partial charge in [0.05, 0.1) is 6.54 Å². The van der Waals surface area contributed by atoms with Crippen LogP contribution in [-0.4, -0.2) is 21.2 Å². The Kier molecular flexibility index (Phi) is 4.47. The predicted octanol–water partition coefficient (Wildman–Crippen LogP) is 2.11. The summed E-state index contributed by atoms with van der Waals surface area (Å²) in [6, 6.07) is 8.17. The van der Waals surface area contributed by atoms with Gasteiger partial charge in [-0.3, -0.25) is 10.1 Å². The number of nitrogens with one attached hydrogen (secondary N) is 1. The van der Waals surface area contributed by atoms with Gasteiger partial charge in [-0.05, 0) is 5.56 Å². The van der Waals surface area contributed by atoms with E-state index in [4.69, 9.17) is 4.52 Å². The fraction of sp³-hybridized carbons (Fsp3) is 0.357. The fourth-order valence-corrected chi connectivity index (χ4v) is 1.76. The minimum Gasteiger partial charge on any atom is -0.480 e. The molecule has 6 nitrogen and oxygen atoms in total. The van der Waals surface area contributed by atoms with E-state index < -0.39 is 12.0 Å². The van der Waals surface area contributed by atoms with Crippen molar-refractivity contribution in [3.8, 4) is 0 Å². The van der Waals surface area contributed by atoms with Crippen LogP contribution >= 0.6 is 0 Å². The molecule has 106 valence electrons. The van der Waals surface area contributed by atoms with Crippen molar-refractivity contribution in [2.45, 2.75) is 32.4 Å². The third-order valence-electron chi connectivity index (χ3n) is 2.84. The highest BCUT2D eigenvalue weighted by atomic mass is 16.5. The Hall–Kier alpha value is -2.21. The first-order chi connectivity index (χ1) is 9.58. The second-order valence-corrected chi connectivity index (χ2v) is 4.76. The summed E-state index contributed by atoms with van der Waals surface area (Å²) in [5.41, 5.74) is 0.684. The molecule has 0 aliphatic rings. The molecule has 0 spiro atoms. The first-order valence-electron chi connectivity index (χ1n) is 6.41. The van der Waals surface area contributed by atoms with Crippen LogP contribution in [0.3, 0.4) is 0 Å². The zero-order valence-corrected chi connectivity index (χ0v) is 11.4. The number of aromatic nitrogens is 2. The van der Waals surface area contributed by atoms with Crippen LogP contribution in [-0.2, 0) is 11.3 Å². The summed E-state index contributed by atoms with van der Waals surface area (Å²) in [5, 5.41) is 16.0. The normalized spacial score (nSPS) is 12.6. The van der Waals surface area contributed by atoms with Crippen molar-refractivity contribution in [3.05, 3.63) is 47.6 Å². The van der Waals surface area contributed by atoms with E-state index in [1.54, 1.807) is 24.3 Å². The number of aliphatic carboxylic acids is 1. The third kappa shape index (κ3) is 3.42. The zero-order valence-electron chi connectivity index (χ0n) is 11.4. The second kappa shape index (κ2) is 6.29. The van der Waals surface area contributed by atoms with Crippen LogP contribution in [0.2, 0.25) is 0 Å². The van der Waals surface area contributed by atoms with Crippen LogP contribution in [0.4, 0.5) is 0 Å². The van der Waals surface area contributed by atoms with Crippen LogP contribution < -0.4 is 5.32 Å². The molecular formula is C14H17N3O3. The lowest BCUT2D eigenvalue weighted by Crippen LogP contribution is -2.28. The van der Waals surface area contributed by atoms with E-state index >= 15 is 0 Å². The Morgan fingerprint density at radius 1 is 1.35 bits per heavy atom. The Labute approximate surface area is 116 Å². The van der Waals surface area contributed by atoms with Gasteiger partial charge in [0.25, 0.3) is 0 Å². The molecule has 2 N–H and O–H groups in total. The smallest absolute Gasteiger partial charge is 0.325 e. The molecule has 0 aliphatic heterocycles. The van der Waals surface area contributed by atoms with Gasteiger partial charge in [0, 0.05) is 5.92 Å². The lowest BCUT2D eigenvalue weighted by atomic mass is 10.1. The number of carbonyl (C=O) groups is 1. The standard InChI is InChI=1S/C14H17N3O3/c1-9(2)13-16-11(20-17-13)8-15-12(14(18)19)10-6-4-3-5-7-10/h3-7,9,12,15H,8H2,1-2H3,(H,18,19). The van der Waals surface area contributed by atoms with Crippen molar-refractivity contribution in [2.24, 2.45) is 0 Å². The highest BCUT2D eigenvalue weighted by Gasteiger charge is 2.20. The minimum atomic E-state index is -0.945. The van der Waals surface area contributed by atoms with E-state index in [1.807, 2.05) is 19.9 Å². The van der Waals surface area contributed by atoms with Gasteiger partial charge in [-0.2, -0.15) is 4.98 Å². The first kappa shape index (κ1) is 14.2. The van der Waals surface area contributed by atoms with E-state index in [-0.39, 0.29) is 12.5 Å². The molecule has 0 fully saturated rings. The molecule has 0 saturated heterocycles. The van der Waals surface area contributed by atoms with Gasteiger partial charge in [0.2, 0.25) is 5.89 Å². The lowest BCUT2D eigenvalue weighted by molar-refractivity contribution is -0.139. The first-order valence-corrected chi connectivity index (χ1v) is 6.41. The molecule has 0 radical (unpaired) electrons. The fourth-order valence-electron chi connectivity index (χ4n) is 1.76. The minimum absolute atomic E-state index is 0.178. The molecule has 0 amide bonds. The van der Waals surface area contributed by atoms with Gasteiger partial charge in [0.15, 0.2) is 5.82 Å². The topological polar surface area (TPSA) is 88.2 Å². The van der Waals surface area contributed by atoms with Gasteiger partial charge in [-0.1, -0.05) is 49.3 Å². The Morgan fingerprint density at radius 3 is 2.60 bits per heavy atom. The highest BCUT2D eigenvalue weighted by molar-refractivity contribution is 5.75. The van der Waals surface area contributed by atoms with Crippen molar-refractivity contribution in [3.63, 3.8) is 0 Å². The van der Waals surface area contributed by atoms with Crippen molar-refractivity contribution in [1.29, 1.82) is 0 Å². The van der Waals surface area contributed by atoms with Crippen molar-refractivity contribution >= 4 is 5.97 Å². The monoisotopic (exact) mass is 275 g/mol. The Bertz CT molecular complexity index is 566. The van der Waals surface area contributed by atoms with E-state index in [9.17, 15) is 9.90 Å². The molecule has 6 heteroatoms. The second-order valence-electron chi connectivity index (χ2n) is 4.76. The average molecular weight is 275 g/mol. The predicted molar refractivity (Wildman–Crippen MR) is 72.0 cm³/mol. The Balaban J connectivity index is 2.04. The average Bonchev–Trinajstić information content (AvgIpc) is 2.89. The van der Waals surface area contributed by atoms with Crippen molar-refractivity contribution in [1.82, 2.24) is 15.5 Å². The summed E-state index contributed by atoms with van der Waals surface area (Å²) < 4.78 is 5.08. The van der Waals surface area contributed by atoms with Gasteiger partial charge in [0.1, 0.15) is 6.04 Å². The van der Waals surface area contributed by atoms with Crippen LogP contribution in [0.15, 0.2) is 34.9 Å². The molecule has 2 rings (SSSR count). The number of carboxylic acid groups (broad SMARTS) is 1.